The molecule has 0 spiro atoms. The van der Waals surface area contributed by atoms with Crippen molar-refractivity contribution in [3.8, 4) is 11.5 Å². The Kier molecular flexibility index (Phi) is 5.70. The van der Waals surface area contributed by atoms with Crippen LogP contribution in [0.3, 0.4) is 0 Å². The van der Waals surface area contributed by atoms with Crippen LogP contribution in [0.1, 0.15) is 31.9 Å². The third-order valence-corrected chi connectivity index (χ3v) is 4.40. The molecule has 132 valence electrons. The molecule has 2 rings (SSSR count). The Balaban J connectivity index is 2.14. The number of nitrogens with zero attached hydrogens (tertiary/aromatic N) is 2. The fourth-order valence-electron chi connectivity index (χ4n) is 3.00. The number of rotatable bonds is 5. The SMILES string of the molecule is COc1cc2c(cc1OC)CN(C(=O)CN(C(C)=O)C(C)C)CC2. The lowest BCUT2D eigenvalue weighted by Gasteiger charge is -2.32. The van der Waals surface area contributed by atoms with Crippen molar-refractivity contribution in [2.75, 3.05) is 27.3 Å². The van der Waals surface area contributed by atoms with Gasteiger partial charge < -0.3 is 19.3 Å². The summed E-state index contributed by atoms with van der Waals surface area (Å²) in [7, 11) is 3.22. The number of ether oxygens (including phenoxy) is 2. The lowest BCUT2D eigenvalue weighted by atomic mass is 9.98. The summed E-state index contributed by atoms with van der Waals surface area (Å²) in [5.74, 6) is 1.26. The lowest BCUT2D eigenvalue weighted by molar-refractivity contribution is -0.141. The molecule has 0 fully saturated rings. The quantitative estimate of drug-likeness (QED) is 0.824. The Bertz CT molecular complexity index is 628. The zero-order valence-electron chi connectivity index (χ0n) is 15.1. The maximum absolute atomic E-state index is 12.6. The van der Waals surface area contributed by atoms with Crippen LogP contribution in [0.15, 0.2) is 12.1 Å². The number of amides is 2. The van der Waals surface area contributed by atoms with Gasteiger partial charge in [-0.2, -0.15) is 0 Å². The molecule has 6 nitrogen and oxygen atoms in total. The Labute approximate surface area is 143 Å². The second-order valence-electron chi connectivity index (χ2n) is 6.28. The minimum absolute atomic E-state index is 0.00730. The van der Waals surface area contributed by atoms with Crippen LogP contribution in [-0.2, 0) is 22.6 Å². The van der Waals surface area contributed by atoms with Crippen LogP contribution in [0.2, 0.25) is 0 Å². The molecule has 24 heavy (non-hydrogen) atoms. The van der Waals surface area contributed by atoms with E-state index in [1.54, 1.807) is 24.0 Å². The zero-order valence-corrected chi connectivity index (χ0v) is 15.1. The molecule has 0 saturated heterocycles. The molecule has 0 unspecified atom stereocenters. The van der Waals surface area contributed by atoms with Gasteiger partial charge in [-0.15, -0.1) is 0 Å². The number of carbonyl (C=O) groups excluding carboxylic acids is 2. The van der Waals surface area contributed by atoms with Gasteiger partial charge in [-0.05, 0) is 43.5 Å². The van der Waals surface area contributed by atoms with Gasteiger partial charge in [0.25, 0.3) is 0 Å². The fourth-order valence-corrected chi connectivity index (χ4v) is 3.00. The standard InChI is InChI=1S/C18H26N2O4/c1-12(2)20(13(3)21)11-18(22)19-7-6-14-8-16(23-4)17(24-5)9-15(14)10-19/h8-9,12H,6-7,10-11H2,1-5H3. The topological polar surface area (TPSA) is 59.1 Å². The van der Waals surface area contributed by atoms with Crippen molar-refractivity contribution in [2.45, 2.75) is 39.8 Å². The molecule has 1 heterocycles. The molecule has 0 radical (unpaired) electrons. The van der Waals surface area contributed by atoms with Crippen LogP contribution < -0.4 is 9.47 Å². The van der Waals surface area contributed by atoms with Crippen molar-refractivity contribution in [3.05, 3.63) is 23.3 Å². The predicted molar refractivity (Wildman–Crippen MR) is 91.2 cm³/mol. The van der Waals surface area contributed by atoms with Crippen molar-refractivity contribution in [3.63, 3.8) is 0 Å². The Morgan fingerprint density at radius 1 is 1.17 bits per heavy atom. The zero-order chi connectivity index (χ0) is 17.9. The third-order valence-electron chi connectivity index (χ3n) is 4.40. The van der Waals surface area contributed by atoms with E-state index >= 15 is 0 Å². The van der Waals surface area contributed by atoms with Crippen molar-refractivity contribution in [2.24, 2.45) is 0 Å². The summed E-state index contributed by atoms with van der Waals surface area (Å²) < 4.78 is 10.7. The van der Waals surface area contributed by atoms with Crippen LogP contribution in [0.4, 0.5) is 0 Å². The van der Waals surface area contributed by atoms with E-state index in [2.05, 4.69) is 0 Å². The van der Waals surface area contributed by atoms with Crippen LogP contribution in [-0.4, -0.2) is 55.0 Å². The fraction of sp³-hybridized carbons (Fsp3) is 0.556. The number of hydrogen-bond donors (Lipinski definition) is 0. The first-order chi connectivity index (χ1) is 11.4. The van der Waals surface area contributed by atoms with Gasteiger partial charge in [0, 0.05) is 26.1 Å². The summed E-state index contributed by atoms with van der Waals surface area (Å²) in [6.07, 6.45) is 0.767. The van der Waals surface area contributed by atoms with Crippen LogP contribution in [0.5, 0.6) is 11.5 Å². The van der Waals surface area contributed by atoms with Gasteiger partial charge in [0.05, 0.1) is 20.8 Å². The highest BCUT2D eigenvalue weighted by Gasteiger charge is 2.25. The van der Waals surface area contributed by atoms with E-state index < -0.39 is 0 Å². The molecule has 0 atom stereocenters. The number of carbonyl (C=O) groups is 2. The minimum atomic E-state index is -0.0813. The first-order valence-corrected chi connectivity index (χ1v) is 8.16. The number of fused-ring (bicyclic) bond motifs is 1. The van der Waals surface area contributed by atoms with Crippen LogP contribution in [0, 0.1) is 0 Å². The highest BCUT2D eigenvalue weighted by atomic mass is 16.5. The highest BCUT2D eigenvalue weighted by molar-refractivity contribution is 5.84. The average molecular weight is 334 g/mol. The summed E-state index contributed by atoms with van der Waals surface area (Å²) in [5, 5.41) is 0. The molecule has 0 N–H and O–H groups in total. The second kappa shape index (κ2) is 7.55. The van der Waals surface area contributed by atoms with Crippen molar-refractivity contribution in [1.82, 2.24) is 9.80 Å². The van der Waals surface area contributed by atoms with E-state index in [1.807, 2.05) is 26.0 Å². The van der Waals surface area contributed by atoms with Crippen molar-refractivity contribution in [1.29, 1.82) is 0 Å². The Morgan fingerprint density at radius 2 is 1.75 bits per heavy atom. The maximum atomic E-state index is 12.6. The van der Waals surface area contributed by atoms with E-state index in [9.17, 15) is 9.59 Å². The first kappa shape index (κ1) is 18.1. The van der Waals surface area contributed by atoms with E-state index in [-0.39, 0.29) is 24.4 Å². The van der Waals surface area contributed by atoms with Gasteiger partial charge >= 0.3 is 0 Å². The molecular weight excluding hydrogens is 308 g/mol. The second-order valence-corrected chi connectivity index (χ2v) is 6.28. The highest BCUT2D eigenvalue weighted by Crippen LogP contribution is 2.33. The van der Waals surface area contributed by atoms with E-state index in [1.165, 1.54) is 12.5 Å². The lowest BCUT2D eigenvalue weighted by Crippen LogP contribution is -2.46. The molecule has 1 aromatic rings. The van der Waals surface area contributed by atoms with Crippen LogP contribution >= 0.6 is 0 Å². The number of benzene rings is 1. The maximum Gasteiger partial charge on any atom is 0.242 e. The molecule has 1 aliphatic heterocycles. The normalized spacial score (nSPS) is 13.5. The Hall–Kier alpha value is -2.24. The minimum Gasteiger partial charge on any atom is -0.493 e. The molecule has 0 aliphatic carbocycles. The molecule has 2 amide bonds. The molecular formula is C18H26N2O4. The van der Waals surface area contributed by atoms with Crippen molar-refractivity contribution < 1.29 is 19.1 Å². The van der Waals surface area contributed by atoms with Gasteiger partial charge in [-0.25, -0.2) is 0 Å². The monoisotopic (exact) mass is 334 g/mol. The first-order valence-electron chi connectivity index (χ1n) is 8.16. The van der Waals surface area contributed by atoms with Gasteiger partial charge in [0.15, 0.2) is 11.5 Å². The number of methoxy groups -OCH3 is 2. The summed E-state index contributed by atoms with van der Waals surface area (Å²) in [6, 6.07) is 3.91. The third kappa shape index (κ3) is 3.80. The van der Waals surface area contributed by atoms with E-state index in [4.69, 9.17) is 9.47 Å². The van der Waals surface area contributed by atoms with Gasteiger partial charge in [0.2, 0.25) is 11.8 Å². The van der Waals surface area contributed by atoms with E-state index in [0.717, 1.165) is 12.0 Å². The largest absolute Gasteiger partial charge is 0.493 e. The number of hydrogen-bond acceptors (Lipinski definition) is 4. The summed E-state index contributed by atoms with van der Waals surface area (Å²) in [4.78, 5) is 27.6. The van der Waals surface area contributed by atoms with E-state index in [0.29, 0.717) is 24.6 Å². The van der Waals surface area contributed by atoms with Gasteiger partial charge in [-0.3, -0.25) is 9.59 Å². The molecule has 6 heteroatoms. The summed E-state index contributed by atoms with van der Waals surface area (Å²) in [6.45, 7) is 6.61. The molecule has 1 aromatic carbocycles. The molecule has 0 saturated carbocycles. The van der Waals surface area contributed by atoms with Crippen LogP contribution in [0.25, 0.3) is 0 Å². The van der Waals surface area contributed by atoms with Crippen molar-refractivity contribution >= 4 is 11.8 Å². The molecule has 1 aliphatic rings. The molecule has 0 bridgehead atoms. The Morgan fingerprint density at radius 3 is 2.25 bits per heavy atom. The van der Waals surface area contributed by atoms with Gasteiger partial charge in [-0.1, -0.05) is 0 Å². The van der Waals surface area contributed by atoms with Gasteiger partial charge in [0.1, 0.15) is 0 Å². The molecule has 0 aromatic heterocycles. The predicted octanol–water partition coefficient (Wildman–Crippen LogP) is 1.85. The average Bonchev–Trinajstić information content (AvgIpc) is 2.56. The smallest absolute Gasteiger partial charge is 0.242 e. The summed E-state index contributed by atoms with van der Waals surface area (Å²) in [5.41, 5.74) is 2.23. The summed E-state index contributed by atoms with van der Waals surface area (Å²) >= 11 is 0.